The quantitative estimate of drug-likeness (QED) is 0.396. The van der Waals surface area contributed by atoms with Crippen LogP contribution in [-0.2, 0) is 0 Å². The smallest absolute Gasteiger partial charge is 0.162 e. The summed E-state index contributed by atoms with van der Waals surface area (Å²) in [6, 6.07) is 3.67. The van der Waals surface area contributed by atoms with Crippen LogP contribution >= 0.6 is 0 Å². The number of benzene rings is 1. The van der Waals surface area contributed by atoms with E-state index in [1.54, 1.807) is 6.92 Å². The van der Waals surface area contributed by atoms with Crippen molar-refractivity contribution in [3.05, 3.63) is 83.3 Å². The summed E-state index contributed by atoms with van der Waals surface area (Å²) in [5.41, 5.74) is 2.08. The third-order valence-corrected chi connectivity index (χ3v) is 7.11. The van der Waals surface area contributed by atoms with E-state index >= 15 is 0 Å². The zero-order valence-corrected chi connectivity index (χ0v) is 18.9. The molecule has 2 fully saturated rings. The summed E-state index contributed by atoms with van der Waals surface area (Å²) < 4.78 is 43.5. The molecule has 0 amide bonds. The fourth-order valence-corrected chi connectivity index (χ4v) is 5.00. The molecule has 1 aromatic carbocycles. The van der Waals surface area contributed by atoms with Crippen LogP contribution in [0.4, 0.5) is 13.2 Å². The summed E-state index contributed by atoms with van der Waals surface area (Å²) in [5.74, 6) is -0.370. The molecule has 0 aliphatic heterocycles. The predicted octanol–water partition coefficient (Wildman–Crippen LogP) is 9.07. The minimum absolute atomic E-state index is 0.0588. The Morgan fingerprint density at radius 2 is 1.35 bits per heavy atom. The molecule has 0 nitrogen and oxygen atoms in total. The lowest BCUT2D eigenvalue weighted by Crippen LogP contribution is -2.16. The first kappa shape index (κ1) is 23.6. The molecule has 0 bridgehead atoms. The highest BCUT2D eigenvalue weighted by atomic mass is 19.2. The number of hydrogen-bond acceptors (Lipinski definition) is 0. The van der Waals surface area contributed by atoms with Gasteiger partial charge in [0.2, 0.25) is 0 Å². The molecule has 2 aliphatic carbocycles. The molecule has 3 rings (SSSR count). The third kappa shape index (κ3) is 6.02. The van der Waals surface area contributed by atoms with Crippen molar-refractivity contribution in [2.75, 3.05) is 0 Å². The Morgan fingerprint density at radius 3 is 1.84 bits per heavy atom. The lowest BCUT2D eigenvalue weighted by atomic mass is 9.76. The van der Waals surface area contributed by atoms with E-state index in [0.717, 1.165) is 51.4 Å². The van der Waals surface area contributed by atoms with E-state index < -0.39 is 11.6 Å². The predicted molar refractivity (Wildman–Crippen MR) is 124 cm³/mol. The maximum atomic E-state index is 15.0. The molecule has 0 heterocycles. The first-order valence-electron chi connectivity index (χ1n) is 11.6. The summed E-state index contributed by atoms with van der Waals surface area (Å²) in [6.07, 6.45) is 12.8. The monoisotopic (exact) mass is 428 g/mol. The van der Waals surface area contributed by atoms with Gasteiger partial charge in [0, 0.05) is 0 Å². The van der Waals surface area contributed by atoms with E-state index in [1.165, 1.54) is 6.08 Å². The second-order valence-corrected chi connectivity index (χ2v) is 9.65. The Labute approximate surface area is 185 Å². The Balaban J connectivity index is 1.60. The molecule has 31 heavy (non-hydrogen) atoms. The molecule has 0 saturated heterocycles. The van der Waals surface area contributed by atoms with Gasteiger partial charge in [0.05, 0.1) is 0 Å². The summed E-state index contributed by atoms with van der Waals surface area (Å²) in [7, 11) is 0. The zero-order chi connectivity index (χ0) is 22.5. The molecule has 1 aromatic rings. The van der Waals surface area contributed by atoms with Crippen molar-refractivity contribution in [3.63, 3.8) is 0 Å². The van der Waals surface area contributed by atoms with Crippen molar-refractivity contribution < 1.29 is 13.2 Å². The van der Waals surface area contributed by atoms with Crippen LogP contribution in [0.1, 0.15) is 88.2 Å². The first-order chi connectivity index (χ1) is 14.8. The average Bonchev–Trinajstić information content (AvgIpc) is 2.75. The molecule has 3 heteroatoms. The highest BCUT2D eigenvalue weighted by molar-refractivity contribution is 5.35. The van der Waals surface area contributed by atoms with Crippen LogP contribution in [0.5, 0.6) is 0 Å². The van der Waals surface area contributed by atoms with E-state index in [-0.39, 0.29) is 17.7 Å². The summed E-state index contributed by atoms with van der Waals surface area (Å²) in [5, 5.41) is 0. The van der Waals surface area contributed by atoms with Crippen LogP contribution < -0.4 is 0 Å². The standard InChI is InChI=1S/C28H35F3/c1-18(2)26(29)17-20(4)5-8-21-9-13-23(14-10-21)25-16-15-24(27(30)28(25)31)22-11-6-19(3)7-12-22/h5,8,15-17,19,21-23H,1,4,6-7,9-14H2,2-3H3/b8-5+,26-17+. The second-order valence-electron chi connectivity index (χ2n) is 9.65. The molecule has 0 N–H and O–H groups in total. The highest BCUT2D eigenvalue weighted by Crippen LogP contribution is 2.41. The summed E-state index contributed by atoms with van der Waals surface area (Å²) in [4.78, 5) is 0. The fraction of sp³-hybridized carbons (Fsp3) is 0.500. The van der Waals surface area contributed by atoms with Gasteiger partial charge >= 0.3 is 0 Å². The van der Waals surface area contributed by atoms with Gasteiger partial charge in [-0.2, -0.15) is 0 Å². The molecule has 0 aromatic heterocycles. The van der Waals surface area contributed by atoms with E-state index in [4.69, 9.17) is 0 Å². The van der Waals surface area contributed by atoms with Crippen molar-refractivity contribution >= 4 is 0 Å². The van der Waals surface area contributed by atoms with Crippen molar-refractivity contribution in [1.29, 1.82) is 0 Å². The van der Waals surface area contributed by atoms with E-state index in [9.17, 15) is 13.2 Å². The average molecular weight is 429 g/mol. The van der Waals surface area contributed by atoms with E-state index in [1.807, 2.05) is 18.2 Å². The lowest BCUT2D eigenvalue weighted by Gasteiger charge is -2.29. The SMILES string of the molecule is C=C(/C=C/C1CCC(c2ccc(C3CCC(C)CC3)c(F)c2F)CC1)/C=C(/F)C(=C)C. The van der Waals surface area contributed by atoms with Gasteiger partial charge in [-0.1, -0.05) is 57.2 Å². The van der Waals surface area contributed by atoms with Crippen molar-refractivity contribution in [2.45, 2.75) is 77.0 Å². The summed E-state index contributed by atoms with van der Waals surface area (Å²) in [6.45, 7) is 11.3. The van der Waals surface area contributed by atoms with Crippen molar-refractivity contribution in [1.82, 2.24) is 0 Å². The molecule has 0 atom stereocenters. The van der Waals surface area contributed by atoms with E-state index in [2.05, 4.69) is 26.2 Å². The van der Waals surface area contributed by atoms with Gasteiger partial charge in [-0.3, -0.25) is 0 Å². The van der Waals surface area contributed by atoms with E-state index in [0.29, 0.717) is 34.1 Å². The maximum Gasteiger partial charge on any atom is 0.162 e. The second kappa shape index (κ2) is 10.5. The van der Waals surface area contributed by atoms with Gasteiger partial charge in [-0.25, -0.2) is 13.2 Å². The van der Waals surface area contributed by atoms with Crippen molar-refractivity contribution in [2.24, 2.45) is 11.8 Å². The van der Waals surface area contributed by atoms with Crippen LogP contribution in [0.15, 0.2) is 60.5 Å². The fourth-order valence-electron chi connectivity index (χ4n) is 5.00. The topological polar surface area (TPSA) is 0 Å². The maximum absolute atomic E-state index is 15.0. The van der Waals surface area contributed by atoms with Crippen LogP contribution in [0, 0.1) is 23.5 Å². The van der Waals surface area contributed by atoms with Crippen LogP contribution in [0.3, 0.4) is 0 Å². The molecular formula is C28H35F3. The van der Waals surface area contributed by atoms with Crippen LogP contribution in [0.25, 0.3) is 0 Å². The molecule has 2 saturated carbocycles. The number of rotatable bonds is 6. The molecule has 0 unspecified atom stereocenters. The lowest BCUT2D eigenvalue weighted by molar-refractivity contribution is 0.336. The van der Waals surface area contributed by atoms with Gasteiger partial charge < -0.3 is 0 Å². The Bertz CT molecular complexity index is 860. The normalized spacial score (nSPS) is 27.5. The van der Waals surface area contributed by atoms with Crippen LogP contribution in [-0.4, -0.2) is 0 Å². The highest BCUT2D eigenvalue weighted by Gasteiger charge is 2.28. The molecule has 0 radical (unpaired) electrons. The van der Waals surface area contributed by atoms with Gasteiger partial charge in [-0.15, -0.1) is 0 Å². The van der Waals surface area contributed by atoms with Gasteiger partial charge in [0.15, 0.2) is 11.6 Å². The molecule has 2 aliphatic rings. The van der Waals surface area contributed by atoms with Gasteiger partial charge in [0.25, 0.3) is 0 Å². The van der Waals surface area contributed by atoms with Gasteiger partial charge in [0.1, 0.15) is 5.83 Å². The Morgan fingerprint density at radius 1 is 0.871 bits per heavy atom. The zero-order valence-electron chi connectivity index (χ0n) is 18.9. The molecule has 168 valence electrons. The minimum atomic E-state index is -0.635. The third-order valence-electron chi connectivity index (χ3n) is 7.11. The molecular weight excluding hydrogens is 393 g/mol. The van der Waals surface area contributed by atoms with Crippen molar-refractivity contribution in [3.8, 4) is 0 Å². The Kier molecular flexibility index (Phi) is 8.02. The summed E-state index contributed by atoms with van der Waals surface area (Å²) >= 11 is 0. The van der Waals surface area contributed by atoms with Crippen LogP contribution in [0.2, 0.25) is 0 Å². The molecule has 0 spiro atoms. The Hall–Kier alpha value is -2.03. The first-order valence-corrected chi connectivity index (χ1v) is 11.6. The number of hydrogen-bond donors (Lipinski definition) is 0. The minimum Gasteiger partial charge on any atom is -0.207 e. The van der Waals surface area contributed by atoms with Gasteiger partial charge in [-0.05, 0) is 97.5 Å². The number of allylic oxidation sites excluding steroid dienone is 6. The largest absolute Gasteiger partial charge is 0.207 e. The number of halogens is 3.